The number of carbonyl (C=O) groups excluding carboxylic acids is 2. The van der Waals surface area contributed by atoms with Crippen LogP contribution in [0.2, 0.25) is 0 Å². The second-order valence-corrected chi connectivity index (χ2v) is 26.9. The molecule has 1 N–H and O–H groups in total. The van der Waals surface area contributed by atoms with E-state index in [0.29, 0.717) is 17.4 Å². The zero-order valence-corrected chi connectivity index (χ0v) is 60.2. The predicted molar refractivity (Wildman–Crippen MR) is 392 cm³/mol. The van der Waals surface area contributed by atoms with Gasteiger partial charge in [-0.2, -0.15) is 0 Å². The van der Waals surface area contributed by atoms with Crippen molar-refractivity contribution >= 4 is 17.9 Å². The van der Waals surface area contributed by atoms with E-state index < -0.39 is 18.4 Å². The van der Waals surface area contributed by atoms with Gasteiger partial charge in [-0.1, -0.05) is 342 Å². The van der Waals surface area contributed by atoms with Crippen LogP contribution in [0.1, 0.15) is 348 Å². The van der Waals surface area contributed by atoms with E-state index >= 15 is 0 Å². The lowest BCUT2D eigenvalue weighted by molar-refractivity contribution is -0.870. The molecule has 0 saturated heterocycles. The molecule has 0 aliphatic rings. The maximum atomic E-state index is 13.0. The number of ether oxygens (including phenoxy) is 4. The summed E-state index contributed by atoms with van der Waals surface area (Å²) in [7, 11) is 5.99. The molecule has 0 aromatic rings. The molecule has 0 radical (unpaired) electrons. The van der Waals surface area contributed by atoms with Crippen LogP contribution in [-0.2, 0) is 33.3 Å². The Balaban J connectivity index is 4.00. The molecule has 0 spiro atoms. The molecule has 0 heterocycles. The van der Waals surface area contributed by atoms with Gasteiger partial charge in [0.1, 0.15) is 13.2 Å². The van der Waals surface area contributed by atoms with E-state index in [0.717, 1.165) is 89.9 Å². The van der Waals surface area contributed by atoms with Gasteiger partial charge in [0, 0.05) is 12.8 Å². The lowest BCUT2D eigenvalue weighted by atomic mass is 10.0. The van der Waals surface area contributed by atoms with Crippen LogP contribution in [0.25, 0.3) is 0 Å². The highest BCUT2D eigenvalue weighted by Gasteiger charge is 2.25. The summed E-state index contributed by atoms with van der Waals surface area (Å²) in [4.78, 5) is 37.7. The van der Waals surface area contributed by atoms with Gasteiger partial charge in [0.2, 0.25) is 0 Å². The van der Waals surface area contributed by atoms with E-state index in [-0.39, 0.29) is 38.2 Å². The van der Waals surface area contributed by atoms with Gasteiger partial charge >= 0.3 is 17.9 Å². The van der Waals surface area contributed by atoms with Crippen LogP contribution in [0.5, 0.6) is 0 Å². The monoisotopic (exact) mass is 1270 g/mol. The van der Waals surface area contributed by atoms with Crippen LogP contribution < -0.4 is 0 Å². The average molecular weight is 1270 g/mol. The molecular weight excluding hydrogens is 1130 g/mol. The number of aliphatic carboxylic acids is 1. The highest BCUT2D eigenvalue weighted by Crippen LogP contribution is 2.19. The molecule has 2 atom stereocenters. The summed E-state index contributed by atoms with van der Waals surface area (Å²) in [6.45, 7) is 4.70. The van der Waals surface area contributed by atoms with Crippen LogP contribution in [0, 0.1) is 0 Å². The number of carboxylic acids is 1. The number of quaternary nitrogens is 1. The number of hydrogen-bond acceptors (Lipinski definition) is 7. The van der Waals surface area contributed by atoms with E-state index in [1.165, 1.54) is 231 Å². The number of carboxylic acid groups (broad SMARTS) is 1. The number of esters is 2. The molecule has 526 valence electrons. The first-order valence-corrected chi connectivity index (χ1v) is 38.4. The third-order valence-electron chi connectivity index (χ3n) is 16.8. The molecule has 9 heteroatoms. The quantitative estimate of drug-likeness (QED) is 0.0211. The molecule has 9 nitrogen and oxygen atoms in total. The summed E-state index contributed by atoms with van der Waals surface area (Å²) in [5, 5.41) is 9.77. The molecule has 0 aliphatic heterocycles. The summed E-state index contributed by atoms with van der Waals surface area (Å²) in [6.07, 6.45) is 96.9. The van der Waals surface area contributed by atoms with Crippen molar-refractivity contribution in [1.82, 2.24) is 0 Å². The molecule has 0 saturated carbocycles. The molecule has 91 heavy (non-hydrogen) atoms. The Morgan fingerprint density at radius 3 is 0.879 bits per heavy atom. The number of nitrogens with zero attached hydrogens (tertiary/aromatic N) is 1. The van der Waals surface area contributed by atoms with Gasteiger partial charge in [0.05, 0.1) is 34.4 Å². The highest BCUT2D eigenvalue weighted by molar-refractivity contribution is 5.71. The Morgan fingerprint density at radius 2 is 0.593 bits per heavy atom. The minimum absolute atomic E-state index is 0.180. The standard InChI is InChI=1S/C82H145NO8/c1-6-8-10-12-14-16-18-20-22-24-26-28-30-32-34-36-37-38-39-40-41-42-43-45-47-49-51-53-55-57-59-61-63-65-67-69-71-73-80(85)91-78(77-90-82(81(86)87)88-75-74-83(3,4)5)76-89-79(84)72-70-68-66-64-62-60-58-56-54-52-50-48-46-44-35-33-31-29-27-25-23-21-19-17-15-13-11-9-7-2/h8-11,14-17,20-23,26-29,78,82H,6-7,12-13,18-19,24-25,30-77H2,1-5H3/p+1/b10-8-,11-9-,16-14-,17-15-,22-20-,23-21-,28-26-,29-27-. The van der Waals surface area contributed by atoms with Crippen molar-refractivity contribution in [1.29, 1.82) is 0 Å². The predicted octanol–water partition coefficient (Wildman–Crippen LogP) is 24.4. The zero-order chi connectivity index (χ0) is 66.1. The van der Waals surface area contributed by atoms with Gasteiger partial charge in [-0.15, -0.1) is 0 Å². The first kappa shape index (κ1) is 87.2. The normalized spacial score (nSPS) is 13.2. The summed E-state index contributed by atoms with van der Waals surface area (Å²) in [5.41, 5.74) is 0. The molecule has 0 aliphatic carbocycles. The summed E-state index contributed by atoms with van der Waals surface area (Å²) < 4.78 is 23.0. The van der Waals surface area contributed by atoms with Gasteiger partial charge in [-0.25, -0.2) is 4.79 Å². The molecule has 0 amide bonds. The first-order valence-electron chi connectivity index (χ1n) is 38.4. The number of allylic oxidation sites excluding steroid dienone is 16. The van der Waals surface area contributed by atoms with Crippen molar-refractivity contribution < 1.29 is 42.9 Å². The van der Waals surface area contributed by atoms with Crippen LogP contribution in [0.15, 0.2) is 97.2 Å². The second-order valence-electron chi connectivity index (χ2n) is 26.9. The fourth-order valence-corrected chi connectivity index (χ4v) is 11.1. The molecular formula is C82H146NO8+. The largest absolute Gasteiger partial charge is 0.477 e. The third-order valence-corrected chi connectivity index (χ3v) is 16.8. The van der Waals surface area contributed by atoms with E-state index in [1.54, 1.807) is 0 Å². The maximum Gasteiger partial charge on any atom is 0.361 e. The smallest absolute Gasteiger partial charge is 0.361 e. The summed E-state index contributed by atoms with van der Waals surface area (Å²) in [5.74, 6) is -1.98. The minimum Gasteiger partial charge on any atom is -0.477 e. The van der Waals surface area contributed by atoms with Gasteiger partial charge in [0.25, 0.3) is 6.29 Å². The van der Waals surface area contributed by atoms with Crippen molar-refractivity contribution in [3.8, 4) is 0 Å². The lowest BCUT2D eigenvalue weighted by Crippen LogP contribution is -2.40. The molecule has 0 bridgehead atoms. The average Bonchev–Trinajstić information content (AvgIpc) is 3.50. The van der Waals surface area contributed by atoms with E-state index in [2.05, 4.69) is 111 Å². The topological polar surface area (TPSA) is 108 Å². The number of hydrogen-bond donors (Lipinski definition) is 1. The lowest BCUT2D eigenvalue weighted by Gasteiger charge is -2.25. The summed E-state index contributed by atoms with van der Waals surface area (Å²) in [6, 6.07) is 0. The summed E-state index contributed by atoms with van der Waals surface area (Å²) >= 11 is 0. The molecule has 2 unspecified atom stereocenters. The fourth-order valence-electron chi connectivity index (χ4n) is 11.1. The number of likely N-dealkylation sites (N-methyl/N-ethyl adjacent to an activating group) is 1. The molecule has 0 aromatic carbocycles. The van der Waals surface area contributed by atoms with Crippen LogP contribution >= 0.6 is 0 Å². The first-order chi connectivity index (χ1) is 44.6. The van der Waals surface area contributed by atoms with Crippen molar-refractivity contribution in [2.45, 2.75) is 360 Å². The van der Waals surface area contributed by atoms with Gasteiger partial charge in [-0.3, -0.25) is 9.59 Å². The minimum atomic E-state index is -1.51. The highest BCUT2D eigenvalue weighted by atomic mass is 16.7. The third kappa shape index (κ3) is 73.5. The molecule has 0 rings (SSSR count). The SMILES string of the molecule is CC/C=C\C/C=C\C/C=C\C/C=C\CCCCCCCCCCCCCCCCCCCCCCCCCCC(=O)OC(COC(=O)CCCCCCCCCCCCCCCCCC/C=C\C/C=C\C/C=C\C/C=C\CC)COC(OCC[N+](C)(C)C)C(=O)O. The maximum absolute atomic E-state index is 13.0. The fraction of sp³-hybridized carbons (Fsp3) is 0.768. The number of unbranched alkanes of at least 4 members (excludes halogenated alkanes) is 40. The Morgan fingerprint density at radius 1 is 0.330 bits per heavy atom. The Bertz CT molecular complexity index is 1820. The zero-order valence-electron chi connectivity index (χ0n) is 60.2. The van der Waals surface area contributed by atoms with Gasteiger partial charge < -0.3 is 28.5 Å². The van der Waals surface area contributed by atoms with E-state index in [4.69, 9.17) is 18.9 Å². The van der Waals surface area contributed by atoms with Crippen molar-refractivity contribution in [2.24, 2.45) is 0 Å². The van der Waals surface area contributed by atoms with Gasteiger partial charge in [-0.05, 0) is 89.9 Å². The van der Waals surface area contributed by atoms with Crippen molar-refractivity contribution in [3.05, 3.63) is 97.2 Å². The molecule has 0 aromatic heterocycles. The van der Waals surface area contributed by atoms with E-state index in [9.17, 15) is 19.5 Å². The van der Waals surface area contributed by atoms with Crippen LogP contribution in [-0.4, -0.2) is 87.4 Å². The number of rotatable bonds is 71. The Labute approximate surface area is 562 Å². The van der Waals surface area contributed by atoms with Crippen molar-refractivity contribution in [3.63, 3.8) is 0 Å². The Kier molecular flexibility index (Phi) is 69.0. The number of carbonyl (C=O) groups is 3. The Hall–Kier alpha value is -3.79. The van der Waals surface area contributed by atoms with Crippen molar-refractivity contribution in [2.75, 3.05) is 47.5 Å². The second kappa shape index (κ2) is 72.0. The van der Waals surface area contributed by atoms with Crippen LogP contribution in [0.3, 0.4) is 0 Å². The van der Waals surface area contributed by atoms with E-state index in [1.807, 2.05) is 21.1 Å². The van der Waals surface area contributed by atoms with Gasteiger partial charge in [0.15, 0.2) is 6.10 Å². The van der Waals surface area contributed by atoms with Crippen LogP contribution in [0.4, 0.5) is 0 Å². The molecule has 0 fully saturated rings.